The molecule has 1 atom stereocenters. The first-order valence-electron chi connectivity index (χ1n) is 7.96. The molecule has 0 saturated carbocycles. The van der Waals surface area contributed by atoms with Crippen LogP contribution in [0, 0.1) is 12.7 Å². The van der Waals surface area contributed by atoms with Gasteiger partial charge in [-0.05, 0) is 57.7 Å². The number of halogens is 1. The molecular formula is C17H23FN2O2. The lowest BCUT2D eigenvalue weighted by atomic mass is 10.2. The van der Waals surface area contributed by atoms with Crippen molar-refractivity contribution in [3.05, 3.63) is 29.3 Å². The van der Waals surface area contributed by atoms with Gasteiger partial charge in [-0.3, -0.25) is 0 Å². The predicted octanol–water partition coefficient (Wildman–Crippen LogP) is 4.11. The van der Waals surface area contributed by atoms with E-state index in [4.69, 9.17) is 9.47 Å². The molecule has 1 unspecified atom stereocenters. The monoisotopic (exact) mass is 306 g/mol. The van der Waals surface area contributed by atoms with Crippen LogP contribution < -0.4 is 0 Å². The number of aromatic nitrogens is 2. The summed E-state index contributed by atoms with van der Waals surface area (Å²) in [4.78, 5) is 4.47. The van der Waals surface area contributed by atoms with Gasteiger partial charge < -0.3 is 14.0 Å². The Morgan fingerprint density at radius 1 is 1.41 bits per heavy atom. The van der Waals surface area contributed by atoms with Gasteiger partial charge in [0.15, 0.2) is 12.1 Å². The van der Waals surface area contributed by atoms with Crippen LogP contribution in [0.5, 0.6) is 0 Å². The number of rotatable bonds is 4. The molecule has 1 aliphatic rings. The Kier molecular flexibility index (Phi) is 4.45. The molecule has 5 heteroatoms. The number of benzene rings is 1. The van der Waals surface area contributed by atoms with Crippen molar-refractivity contribution in [2.45, 2.75) is 59.0 Å². The maximum absolute atomic E-state index is 14.2. The molecule has 1 saturated heterocycles. The van der Waals surface area contributed by atoms with Gasteiger partial charge in [-0.2, -0.15) is 0 Å². The first kappa shape index (κ1) is 15.4. The van der Waals surface area contributed by atoms with Crippen LogP contribution in [0.25, 0.3) is 11.0 Å². The van der Waals surface area contributed by atoms with Crippen molar-refractivity contribution in [2.24, 2.45) is 0 Å². The third-order valence-electron chi connectivity index (χ3n) is 4.02. The SMILES string of the molecule is Cc1cc(F)c2nc(COC3CCCCO3)n(C(C)C)c2c1. The van der Waals surface area contributed by atoms with Gasteiger partial charge in [0, 0.05) is 12.6 Å². The third kappa shape index (κ3) is 3.01. The number of nitrogens with zero attached hydrogens (tertiary/aromatic N) is 2. The zero-order valence-electron chi connectivity index (χ0n) is 13.4. The highest BCUT2D eigenvalue weighted by Crippen LogP contribution is 2.26. The maximum Gasteiger partial charge on any atom is 0.158 e. The van der Waals surface area contributed by atoms with E-state index in [0.717, 1.165) is 42.8 Å². The molecule has 120 valence electrons. The second-order valence-corrected chi connectivity index (χ2v) is 6.21. The van der Waals surface area contributed by atoms with Gasteiger partial charge in [0.05, 0.1) is 5.52 Å². The van der Waals surface area contributed by atoms with E-state index >= 15 is 0 Å². The number of hydrogen-bond acceptors (Lipinski definition) is 3. The minimum absolute atomic E-state index is 0.166. The molecule has 3 rings (SSSR count). The highest BCUT2D eigenvalue weighted by molar-refractivity contribution is 5.77. The van der Waals surface area contributed by atoms with Crippen molar-refractivity contribution in [1.82, 2.24) is 9.55 Å². The summed E-state index contributed by atoms with van der Waals surface area (Å²) >= 11 is 0. The molecule has 0 aliphatic carbocycles. The number of imidazole rings is 1. The van der Waals surface area contributed by atoms with E-state index < -0.39 is 0 Å². The number of fused-ring (bicyclic) bond motifs is 1. The minimum Gasteiger partial charge on any atom is -0.353 e. The fourth-order valence-electron chi connectivity index (χ4n) is 3.02. The lowest BCUT2D eigenvalue weighted by Gasteiger charge is -2.23. The van der Waals surface area contributed by atoms with Crippen molar-refractivity contribution in [2.75, 3.05) is 6.61 Å². The van der Waals surface area contributed by atoms with Gasteiger partial charge in [-0.15, -0.1) is 0 Å². The molecule has 0 amide bonds. The molecule has 2 aromatic rings. The number of ether oxygens (including phenoxy) is 2. The molecule has 1 aromatic carbocycles. The van der Waals surface area contributed by atoms with Crippen molar-refractivity contribution >= 4 is 11.0 Å². The van der Waals surface area contributed by atoms with Crippen LogP contribution in [-0.2, 0) is 16.1 Å². The first-order chi connectivity index (χ1) is 10.6. The van der Waals surface area contributed by atoms with E-state index in [0.29, 0.717) is 12.1 Å². The zero-order valence-corrected chi connectivity index (χ0v) is 13.4. The molecule has 4 nitrogen and oxygen atoms in total. The molecule has 1 aliphatic heterocycles. The Bertz CT molecular complexity index is 660. The smallest absolute Gasteiger partial charge is 0.158 e. The van der Waals surface area contributed by atoms with Gasteiger partial charge >= 0.3 is 0 Å². The normalized spacial score (nSPS) is 19.2. The van der Waals surface area contributed by atoms with E-state index in [1.54, 1.807) is 0 Å². The summed E-state index contributed by atoms with van der Waals surface area (Å²) in [6.45, 7) is 7.13. The average Bonchev–Trinajstić information content (AvgIpc) is 2.85. The van der Waals surface area contributed by atoms with E-state index in [1.165, 1.54) is 6.07 Å². The molecule has 1 fully saturated rings. The molecule has 2 heterocycles. The van der Waals surface area contributed by atoms with E-state index in [-0.39, 0.29) is 18.1 Å². The van der Waals surface area contributed by atoms with E-state index in [1.807, 2.05) is 17.6 Å². The van der Waals surface area contributed by atoms with Crippen LogP contribution in [-0.4, -0.2) is 22.4 Å². The molecule has 0 N–H and O–H groups in total. The van der Waals surface area contributed by atoms with Crippen LogP contribution in [0.1, 0.15) is 50.5 Å². The van der Waals surface area contributed by atoms with Gasteiger partial charge in [-0.1, -0.05) is 0 Å². The topological polar surface area (TPSA) is 36.3 Å². The predicted molar refractivity (Wildman–Crippen MR) is 83.2 cm³/mol. The molecule has 22 heavy (non-hydrogen) atoms. The van der Waals surface area contributed by atoms with Crippen LogP contribution in [0.2, 0.25) is 0 Å². The Morgan fingerprint density at radius 3 is 2.91 bits per heavy atom. The first-order valence-corrected chi connectivity index (χ1v) is 7.96. The Balaban J connectivity index is 1.90. The lowest BCUT2D eigenvalue weighted by Crippen LogP contribution is -2.23. The maximum atomic E-state index is 14.2. The summed E-state index contributed by atoms with van der Waals surface area (Å²) in [7, 11) is 0. The van der Waals surface area contributed by atoms with E-state index in [2.05, 4.69) is 18.8 Å². The summed E-state index contributed by atoms with van der Waals surface area (Å²) < 4.78 is 27.6. The Labute approximate surface area is 130 Å². The fraction of sp³-hybridized carbons (Fsp3) is 0.588. The molecule has 0 bridgehead atoms. The lowest BCUT2D eigenvalue weighted by molar-refractivity contribution is -0.170. The quantitative estimate of drug-likeness (QED) is 0.853. The molecule has 0 radical (unpaired) electrons. The number of aryl methyl sites for hydroxylation is 1. The minimum atomic E-state index is -0.274. The number of hydrogen-bond donors (Lipinski definition) is 0. The van der Waals surface area contributed by atoms with Crippen molar-refractivity contribution < 1.29 is 13.9 Å². The van der Waals surface area contributed by atoms with Crippen LogP contribution in [0.15, 0.2) is 12.1 Å². The second kappa shape index (κ2) is 6.34. The van der Waals surface area contributed by atoms with Crippen LogP contribution in [0.4, 0.5) is 4.39 Å². The standard InChI is InChI=1S/C17H23FN2O2/c1-11(2)20-14-9-12(3)8-13(18)17(14)19-15(20)10-22-16-6-4-5-7-21-16/h8-9,11,16H,4-7,10H2,1-3H3. The van der Waals surface area contributed by atoms with Gasteiger partial charge in [0.25, 0.3) is 0 Å². The summed E-state index contributed by atoms with van der Waals surface area (Å²) in [5.74, 6) is 0.480. The Morgan fingerprint density at radius 2 is 2.23 bits per heavy atom. The fourth-order valence-corrected chi connectivity index (χ4v) is 3.02. The van der Waals surface area contributed by atoms with Crippen LogP contribution >= 0.6 is 0 Å². The second-order valence-electron chi connectivity index (χ2n) is 6.21. The largest absolute Gasteiger partial charge is 0.353 e. The highest BCUT2D eigenvalue weighted by Gasteiger charge is 2.19. The highest BCUT2D eigenvalue weighted by atomic mass is 19.1. The molecule has 1 aromatic heterocycles. The van der Waals surface area contributed by atoms with Crippen molar-refractivity contribution in [3.63, 3.8) is 0 Å². The van der Waals surface area contributed by atoms with Gasteiger partial charge in [0.2, 0.25) is 0 Å². The average molecular weight is 306 g/mol. The van der Waals surface area contributed by atoms with E-state index in [9.17, 15) is 4.39 Å². The van der Waals surface area contributed by atoms with Crippen molar-refractivity contribution in [3.8, 4) is 0 Å². The van der Waals surface area contributed by atoms with Crippen LogP contribution in [0.3, 0.4) is 0 Å². The van der Waals surface area contributed by atoms with Gasteiger partial charge in [0.1, 0.15) is 17.9 Å². The molecular weight excluding hydrogens is 283 g/mol. The van der Waals surface area contributed by atoms with Crippen molar-refractivity contribution in [1.29, 1.82) is 0 Å². The summed E-state index contributed by atoms with van der Waals surface area (Å²) in [6, 6.07) is 3.69. The Hall–Kier alpha value is -1.46. The van der Waals surface area contributed by atoms with Gasteiger partial charge in [-0.25, -0.2) is 9.37 Å². The third-order valence-corrected chi connectivity index (χ3v) is 4.02. The summed E-state index contributed by atoms with van der Waals surface area (Å²) in [5.41, 5.74) is 2.15. The summed E-state index contributed by atoms with van der Waals surface area (Å²) in [6.07, 6.45) is 2.96. The zero-order chi connectivity index (χ0) is 15.7. The molecule has 0 spiro atoms. The summed E-state index contributed by atoms with van der Waals surface area (Å²) in [5, 5.41) is 0.